The fourth-order valence-electron chi connectivity index (χ4n) is 7.49. The summed E-state index contributed by atoms with van der Waals surface area (Å²) in [5, 5.41) is 5.79. The summed E-state index contributed by atoms with van der Waals surface area (Å²) in [6.07, 6.45) is 8.91. The fourth-order valence-corrected chi connectivity index (χ4v) is 7.49. The molecule has 2 aliphatic heterocycles. The van der Waals surface area contributed by atoms with Crippen molar-refractivity contribution in [2.24, 2.45) is 29.4 Å². The van der Waals surface area contributed by atoms with E-state index in [9.17, 15) is 19.2 Å². The standard InChI is InChI=1S/C39H67N3O9/c1-25(2)15-16-32-38(7,51-32)35-34(47-8)31(17-18-39(35)24-49-39)50-33(44)21-28(27(5)6)23-48-37(46)41-19-13-11-9-10-12-14-29(43)22-42-30(36(40)45)20-26(3)4/h15,26-28,30-32,34-35,42H,9-14,16-24H2,1-8H3,(H2,40,45)(H,41,46)/t28-,30-,31?,32+,34?,35?,38?,39-/m0/s1. The summed E-state index contributed by atoms with van der Waals surface area (Å²) in [5.41, 5.74) is 5.99. The highest BCUT2D eigenvalue weighted by atomic mass is 16.6. The summed E-state index contributed by atoms with van der Waals surface area (Å²) in [7, 11) is 1.67. The van der Waals surface area contributed by atoms with Gasteiger partial charge in [-0.2, -0.15) is 0 Å². The molecule has 3 fully saturated rings. The predicted molar refractivity (Wildman–Crippen MR) is 195 cm³/mol. The molecule has 0 bridgehead atoms. The van der Waals surface area contributed by atoms with Crippen molar-refractivity contribution in [3.63, 3.8) is 0 Å². The smallest absolute Gasteiger partial charge is 0.407 e. The molecule has 0 aromatic carbocycles. The third kappa shape index (κ3) is 13.4. The molecule has 0 radical (unpaired) electrons. The molecular weight excluding hydrogens is 654 g/mol. The van der Waals surface area contributed by atoms with Gasteiger partial charge in [0.2, 0.25) is 5.91 Å². The van der Waals surface area contributed by atoms with Crippen molar-refractivity contribution < 1.29 is 42.9 Å². The molecule has 1 spiro atoms. The second-order valence-corrected chi connectivity index (χ2v) is 16.2. The monoisotopic (exact) mass is 721 g/mol. The number of carbonyl (C=O) groups excluding carboxylic acids is 4. The molecule has 12 heteroatoms. The van der Waals surface area contributed by atoms with Crippen LogP contribution >= 0.6 is 0 Å². The topological polar surface area (TPSA) is 171 Å². The van der Waals surface area contributed by atoms with Gasteiger partial charge in [-0.1, -0.05) is 58.6 Å². The van der Waals surface area contributed by atoms with E-state index >= 15 is 0 Å². The third-order valence-corrected chi connectivity index (χ3v) is 10.8. The molecule has 1 aliphatic carbocycles. The van der Waals surface area contributed by atoms with Crippen molar-refractivity contribution >= 4 is 23.8 Å². The van der Waals surface area contributed by atoms with Crippen LogP contribution in [-0.4, -0.2) is 92.7 Å². The van der Waals surface area contributed by atoms with Gasteiger partial charge >= 0.3 is 12.1 Å². The molecule has 3 aliphatic rings. The Morgan fingerprint density at radius 2 is 1.73 bits per heavy atom. The summed E-state index contributed by atoms with van der Waals surface area (Å²) in [5.74, 6) is -0.485. The van der Waals surface area contributed by atoms with Crippen LogP contribution in [0, 0.1) is 23.7 Å². The van der Waals surface area contributed by atoms with Gasteiger partial charge in [0.25, 0.3) is 0 Å². The number of unbranched alkanes of at least 4 members (excludes halogenated alkanes) is 4. The number of nitrogens with two attached hydrogens (primary N) is 1. The van der Waals surface area contributed by atoms with E-state index in [0.29, 0.717) is 38.3 Å². The molecule has 4 N–H and O–H groups in total. The third-order valence-electron chi connectivity index (χ3n) is 10.8. The average molecular weight is 722 g/mol. The Balaban J connectivity index is 1.32. The van der Waals surface area contributed by atoms with Gasteiger partial charge in [-0.3, -0.25) is 19.7 Å². The Kier molecular flexibility index (Phi) is 16.9. The molecule has 2 saturated heterocycles. The molecule has 0 aromatic rings. The maximum Gasteiger partial charge on any atom is 0.407 e. The zero-order valence-electron chi connectivity index (χ0n) is 32.6. The minimum absolute atomic E-state index is 0.0416. The summed E-state index contributed by atoms with van der Waals surface area (Å²) < 4.78 is 29.9. The molecule has 4 unspecified atom stereocenters. The van der Waals surface area contributed by atoms with Crippen molar-refractivity contribution in [3.8, 4) is 0 Å². The van der Waals surface area contributed by atoms with Gasteiger partial charge in [-0.05, 0) is 71.1 Å². The van der Waals surface area contributed by atoms with E-state index in [0.717, 1.165) is 44.9 Å². The molecule has 12 nitrogen and oxygen atoms in total. The first-order chi connectivity index (χ1) is 24.1. The number of epoxide rings is 2. The van der Waals surface area contributed by atoms with Crippen LogP contribution < -0.4 is 16.4 Å². The van der Waals surface area contributed by atoms with Crippen molar-refractivity contribution in [2.75, 3.05) is 33.4 Å². The number of Topliss-reactive ketones (excluding diaryl/α,β-unsaturated/α-hetero) is 1. The van der Waals surface area contributed by atoms with Crippen LogP contribution in [-0.2, 0) is 38.1 Å². The number of methoxy groups -OCH3 is 1. The number of ether oxygens (including phenoxy) is 5. The number of primary amides is 1. The van der Waals surface area contributed by atoms with Crippen LogP contribution in [0.5, 0.6) is 0 Å². The molecule has 292 valence electrons. The quantitative estimate of drug-likeness (QED) is 0.0508. The molecule has 51 heavy (non-hydrogen) atoms. The van der Waals surface area contributed by atoms with Crippen LogP contribution in [0.4, 0.5) is 4.79 Å². The SMILES string of the molecule is COC1C(OC(=O)C[C@@H](COC(=O)NCCCCCCCC(=O)CN[C@@H](CC(C)C)C(N)=O)C(C)C)CC[C@]2(CO2)C1C1(C)O[C@@H]1CC=C(C)C. The second-order valence-electron chi connectivity index (χ2n) is 16.2. The summed E-state index contributed by atoms with van der Waals surface area (Å²) in [6, 6.07) is -0.478. The van der Waals surface area contributed by atoms with E-state index in [-0.39, 0.29) is 66.9 Å². The average Bonchev–Trinajstić information content (AvgIpc) is 3.98. The molecular formula is C39H67N3O9. The highest BCUT2D eigenvalue weighted by Gasteiger charge is 2.72. The molecule has 3 rings (SSSR count). The number of esters is 1. The van der Waals surface area contributed by atoms with E-state index in [4.69, 9.17) is 29.4 Å². The number of allylic oxidation sites excluding steroid dienone is 1. The van der Waals surface area contributed by atoms with Gasteiger partial charge < -0.3 is 34.7 Å². The predicted octanol–water partition coefficient (Wildman–Crippen LogP) is 5.39. The Morgan fingerprint density at radius 1 is 1.04 bits per heavy atom. The van der Waals surface area contributed by atoms with Gasteiger partial charge in [-0.15, -0.1) is 0 Å². The van der Waals surface area contributed by atoms with Crippen LogP contribution in [0.2, 0.25) is 0 Å². The summed E-state index contributed by atoms with van der Waals surface area (Å²) in [6.45, 7) is 15.8. The number of amides is 2. The van der Waals surface area contributed by atoms with E-state index in [1.54, 1.807) is 7.11 Å². The van der Waals surface area contributed by atoms with Crippen molar-refractivity contribution in [2.45, 2.75) is 155 Å². The summed E-state index contributed by atoms with van der Waals surface area (Å²) in [4.78, 5) is 49.4. The zero-order chi connectivity index (χ0) is 37.8. The normalized spacial score (nSPS) is 27.9. The van der Waals surface area contributed by atoms with Gasteiger partial charge in [0.15, 0.2) is 0 Å². The Bertz CT molecular complexity index is 1180. The molecule has 8 atom stereocenters. The number of ketones is 1. The van der Waals surface area contributed by atoms with Gasteiger partial charge in [0, 0.05) is 26.0 Å². The molecule has 2 heterocycles. The highest BCUT2D eigenvalue weighted by Crippen LogP contribution is 2.59. The first kappa shape index (κ1) is 42.9. The van der Waals surface area contributed by atoms with Crippen molar-refractivity contribution in [3.05, 3.63) is 11.6 Å². The molecule has 2 amide bonds. The number of hydrogen-bond acceptors (Lipinski definition) is 10. The van der Waals surface area contributed by atoms with Crippen LogP contribution in [0.15, 0.2) is 11.6 Å². The zero-order valence-corrected chi connectivity index (χ0v) is 32.6. The largest absolute Gasteiger partial charge is 0.460 e. The number of hydrogen-bond donors (Lipinski definition) is 3. The second kappa shape index (κ2) is 20.1. The van der Waals surface area contributed by atoms with E-state index in [1.807, 2.05) is 27.7 Å². The van der Waals surface area contributed by atoms with Gasteiger partial charge in [0.1, 0.15) is 29.2 Å². The van der Waals surface area contributed by atoms with Gasteiger partial charge in [-0.25, -0.2) is 4.79 Å². The summed E-state index contributed by atoms with van der Waals surface area (Å²) >= 11 is 0. The maximum atomic E-state index is 13.3. The van der Waals surface area contributed by atoms with Gasteiger partial charge in [0.05, 0.1) is 44.2 Å². The van der Waals surface area contributed by atoms with E-state index in [2.05, 4.69) is 37.5 Å². The Hall–Kier alpha value is -2.54. The minimum Gasteiger partial charge on any atom is -0.460 e. The lowest BCUT2D eigenvalue weighted by molar-refractivity contribution is -0.173. The number of alkyl carbamates (subject to hydrolysis) is 1. The fraction of sp³-hybridized carbons (Fsp3) is 0.846. The minimum atomic E-state index is -0.497. The van der Waals surface area contributed by atoms with Crippen LogP contribution in [0.25, 0.3) is 0 Å². The van der Waals surface area contributed by atoms with Crippen molar-refractivity contribution in [1.82, 2.24) is 10.6 Å². The number of rotatable bonds is 24. The van der Waals surface area contributed by atoms with E-state index in [1.165, 1.54) is 5.57 Å². The Labute approximate surface area is 306 Å². The van der Waals surface area contributed by atoms with Crippen molar-refractivity contribution in [1.29, 1.82) is 0 Å². The van der Waals surface area contributed by atoms with Crippen LogP contribution in [0.3, 0.4) is 0 Å². The van der Waals surface area contributed by atoms with Crippen LogP contribution in [0.1, 0.15) is 119 Å². The highest BCUT2D eigenvalue weighted by molar-refractivity contribution is 5.83. The first-order valence-corrected chi connectivity index (χ1v) is 19.2. The lowest BCUT2D eigenvalue weighted by Gasteiger charge is -2.42. The molecule has 0 aromatic heterocycles. The Morgan fingerprint density at radius 3 is 2.33 bits per heavy atom. The first-order valence-electron chi connectivity index (χ1n) is 19.2. The molecule has 1 saturated carbocycles. The number of carbonyl (C=O) groups is 4. The lowest BCUT2D eigenvalue weighted by atomic mass is 9.68. The maximum absolute atomic E-state index is 13.3. The number of nitrogens with one attached hydrogen (secondary N) is 2. The lowest BCUT2D eigenvalue weighted by Crippen LogP contribution is -2.55. The van der Waals surface area contributed by atoms with E-state index < -0.39 is 29.7 Å².